The van der Waals surface area contributed by atoms with Gasteiger partial charge in [-0.1, -0.05) is 100 Å². The van der Waals surface area contributed by atoms with E-state index in [1.807, 2.05) is 100 Å². The lowest BCUT2D eigenvalue weighted by Gasteiger charge is -2.29. The third kappa shape index (κ3) is 12.4. The first kappa shape index (κ1) is 39.9. The number of rotatable bonds is 20. The van der Waals surface area contributed by atoms with Gasteiger partial charge in [0, 0.05) is 19.0 Å². The van der Waals surface area contributed by atoms with E-state index >= 15 is 0 Å². The second-order valence-electron chi connectivity index (χ2n) is 14.3. The van der Waals surface area contributed by atoms with Crippen LogP contribution in [-0.2, 0) is 38.4 Å². The average Bonchev–Trinajstić information content (AvgIpc) is 3.63. The van der Waals surface area contributed by atoms with Gasteiger partial charge in [0.2, 0.25) is 17.7 Å². The van der Waals surface area contributed by atoms with Crippen molar-refractivity contribution in [3.05, 3.63) is 109 Å². The van der Waals surface area contributed by atoms with Crippen LogP contribution in [0.4, 0.5) is 0 Å². The SMILES string of the molecule is CC(C)C[C@H](NC(=O)C[C@H](O)[C@H](CC(C)C)NC(=O)[C@H](Cc1c[nH]cn1)NC(=O)[C@@H](N)Cc1ccccc1)C(=O)[CH]Cc1cccc2ccccc12. The molecule has 0 fully saturated rings. The number of carbonyl (C=O) groups is 4. The number of nitrogens with zero attached hydrogens (tertiary/aromatic N) is 1. The van der Waals surface area contributed by atoms with Crippen molar-refractivity contribution in [2.24, 2.45) is 17.6 Å². The van der Waals surface area contributed by atoms with Gasteiger partial charge in [0.05, 0.1) is 42.7 Å². The number of aliphatic hydroxyl groups is 1. The molecule has 0 aliphatic carbocycles. The number of hydrogen-bond donors (Lipinski definition) is 6. The Labute approximate surface area is 306 Å². The maximum Gasteiger partial charge on any atom is 0.243 e. The highest BCUT2D eigenvalue weighted by atomic mass is 16.3. The van der Waals surface area contributed by atoms with Crippen LogP contribution in [0.1, 0.15) is 63.8 Å². The molecular formula is C41H53N6O5. The topological polar surface area (TPSA) is 179 Å². The lowest BCUT2D eigenvalue weighted by atomic mass is 9.93. The molecule has 0 aliphatic rings. The maximum atomic E-state index is 13.8. The highest BCUT2D eigenvalue weighted by Gasteiger charge is 2.31. The first-order valence-corrected chi connectivity index (χ1v) is 18.1. The zero-order valence-electron chi connectivity index (χ0n) is 30.5. The lowest BCUT2D eigenvalue weighted by Crippen LogP contribution is -2.56. The predicted octanol–water partition coefficient (Wildman–Crippen LogP) is 3.99. The van der Waals surface area contributed by atoms with Crippen LogP contribution in [0.15, 0.2) is 85.3 Å². The van der Waals surface area contributed by atoms with E-state index in [-0.39, 0.29) is 36.9 Å². The zero-order chi connectivity index (χ0) is 37.6. The Hall–Kier alpha value is -4.87. The molecule has 1 radical (unpaired) electrons. The van der Waals surface area contributed by atoms with E-state index in [9.17, 15) is 24.3 Å². The number of aromatic nitrogens is 2. The molecule has 3 amide bonds. The summed E-state index contributed by atoms with van der Waals surface area (Å²) in [5.74, 6) is -1.55. The number of aliphatic hydroxyl groups excluding tert-OH is 1. The van der Waals surface area contributed by atoms with Gasteiger partial charge in [0.1, 0.15) is 6.04 Å². The summed E-state index contributed by atoms with van der Waals surface area (Å²) in [4.78, 5) is 60.8. The Kier molecular flexibility index (Phi) is 15.1. The van der Waals surface area contributed by atoms with Crippen LogP contribution < -0.4 is 21.7 Å². The number of fused-ring (bicyclic) bond motifs is 1. The third-order valence-electron chi connectivity index (χ3n) is 8.94. The van der Waals surface area contributed by atoms with Crippen molar-refractivity contribution in [1.82, 2.24) is 25.9 Å². The van der Waals surface area contributed by atoms with E-state index in [0.717, 1.165) is 21.9 Å². The number of nitrogens with two attached hydrogens (primary N) is 1. The summed E-state index contributed by atoms with van der Waals surface area (Å²) in [6.45, 7) is 7.85. The number of carbonyl (C=O) groups excluding carboxylic acids is 4. The predicted molar refractivity (Wildman–Crippen MR) is 203 cm³/mol. The van der Waals surface area contributed by atoms with E-state index < -0.39 is 48.0 Å². The molecule has 277 valence electrons. The van der Waals surface area contributed by atoms with Gasteiger partial charge in [0.15, 0.2) is 5.78 Å². The minimum absolute atomic E-state index is 0.0561. The van der Waals surface area contributed by atoms with Crippen LogP contribution >= 0.6 is 0 Å². The van der Waals surface area contributed by atoms with Crippen LogP contribution in [0.3, 0.4) is 0 Å². The summed E-state index contributed by atoms with van der Waals surface area (Å²) in [7, 11) is 0. The van der Waals surface area contributed by atoms with Crippen molar-refractivity contribution in [1.29, 1.82) is 0 Å². The number of hydrogen-bond acceptors (Lipinski definition) is 7. The number of imidazole rings is 1. The summed E-state index contributed by atoms with van der Waals surface area (Å²) in [5, 5.41) is 22.0. The number of benzene rings is 3. The summed E-state index contributed by atoms with van der Waals surface area (Å²) >= 11 is 0. The monoisotopic (exact) mass is 709 g/mol. The number of amides is 3. The van der Waals surface area contributed by atoms with E-state index in [1.54, 1.807) is 12.6 Å². The van der Waals surface area contributed by atoms with Gasteiger partial charge >= 0.3 is 0 Å². The highest BCUT2D eigenvalue weighted by Crippen LogP contribution is 2.21. The van der Waals surface area contributed by atoms with E-state index in [2.05, 4.69) is 25.9 Å². The Morgan fingerprint density at radius 3 is 2.19 bits per heavy atom. The zero-order valence-corrected chi connectivity index (χ0v) is 30.5. The number of Topliss-reactive ketones (excluding diaryl/α,β-unsaturated/α-hetero) is 1. The molecule has 52 heavy (non-hydrogen) atoms. The summed E-state index contributed by atoms with van der Waals surface area (Å²) in [5.41, 5.74) is 8.68. The molecule has 1 heterocycles. The fourth-order valence-corrected chi connectivity index (χ4v) is 6.29. The number of nitrogens with one attached hydrogen (secondary N) is 4. The molecule has 0 saturated carbocycles. The normalized spacial score (nSPS) is 14.4. The van der Waals surface area contributed by atoms with Crippen molar-refractivity contribution >= 4 is 34.3 Å². The molecule has 0 saturated heterocycles. The van der Waals surface area contributed by atoms with Gasteiger partial charge in [-0.2, -0.15) is 0 Å². The van der Waals surface area contributed by atoms with Gasteiger partial charge in [-0.05, 0) is 59.4 Å². The first-order valence-electron chi connectivity index (χ1n) is 18.1. The molecule has 3 aromatic carbocycles. The number of ketones is 1. The molecule has 4 aromatic rings. The fraction of sp³-hybridized carbons (Fsp3) is 0.415. The molecule has 5 atom stereocenters. The van der Waals surface area contributed by atoms with Gasteiger partial charge < -0.3 is 31.8 Å². The Morgan fingerprint density at radius 1 is 0.808 bits per heavy atom. The molecule has 7 N–H and O–H groups in total. The minimum atomic E-state index is -1.26. The van der Waals surface area contributed by atoms with Crippen LogP contribution in [-0.4, -0.2) is 68.9 Å². The van der Waals surface area contributed by atoms with Crippen molar-refractivity contribution in [3.63, 3.8) is 0 Å². The Morgan fingerprint density at radius 2 is 1.50 bits per heavy atom. The third-order valence-corrected chi connectivity index (χ3v) is 8.94. The van der Waals surface area contributed by atoms with Crippen LogP contribution in [0, 0.1) is 18.3 Å². The smallest absolute Gasteiger partial charge is 0.243 e. The van der Waals surface area contributed by atoms with E-state index in [1.165, 1.54) is 6.33 Å². The first-order chi connectivity index (χ1) is 24.9. The van der Waals surface area contributed by atoms with Gasteiger partial charge in [-0.3, -0.25) is 19.2 Å². The second-order valence-corrected chi connectivity index (χ2v) is 14.3. The highest BCUT2D eigenvalue weighted by molar-refractivity contribution is 5.96. The molecule has 0 spiro atoms. The summed E-state index contributed by atoms with van der Waals surface area (Å²) in [6.07, 6.45) is 4.72. The van der Waals surface area contributed by atoms with Crippen LogP contribution in [0.2, 0.25) is 0 Å². The minimum Gasteiger partial charge on any atom is -0.390 e. The molecule has 1 aromatic heterocycles. The second kappa shape index (κ2) is 19.7. The fourth-order valence-electron chi connectivity index (χ4n) is 6.29. The number of H-pyrrole nitrogens is 1. The van der Waals surface area contributed by atoms with Crippen molar-refractivity contribution in [2.45, 2.75) is 96.5 Å². The Bertz CT molecular complexity index is 1740. The molecule has 0 unspecified atom stereocenters. The van der Waals surface area contributed by atoms with Gasteiger partial charge in [0.25, 0.3) is 0 Å². The summed E-state index contributed by atoms with van der Waals surface area (Å²) < 4.78 is 0. The summed E-state index contributed by atoms with van der Waals surface area (Å²) in [6, 6.07) is 19.8. The molecule has 0 bridgehead atoms. The lowest BCUT2D eigenvalue weighted by molar-refractivity contribution is -0.131. The van der Waals surface area contributed by atoms with E-state index in [0.29, 0.717) is 25.0 Å². The van der Waals surface area contributed by atoms with Crippen LogP contribution in [0.5, 0.6) is 0 Å². The number of aromatic amines is 1. The van der Waals surface area contributed by atoms with Crippen LogP contribution in [0.25, 0.3) is 10.8 Å². The average molecular weight is 710 g/mol. The molecule has 0 aliphatic heterocycles. The quantitative estimate of drug-likeness (QED) is 0.0803. The van der Waals surface area contributed by atoms with Crippen molar-refractivity contribution < 1.29 is 24.3 Å². The van der Waals surface area contributed by atoms with Crippen molar-refractivity contribution in [3.8, 4) is 0 Å². The largest absolute Gasteiger partial charge is 0.390 e. The van der Waals surface area contributed by atoms with Crippen molar-refractivity contribution in [2.75, 3.05) is 0 Å². The Balaban J connectivity index is 1.40. The molecular weight excluding hydrogens is 656 g/mol. The molecule has 4 rings (SSSR count). The molecule has 11 nitrogen and oxygen atoms in total. The van der Waals surface area contributed by atoms with E-state index in [4.69, 9.17) is 5.73 Å². The molecule has 11 heteroatoms. The van der Waals surface area contributed by atoms with Gasteiger partial charge in [-0.25, -0.2) is 4.98 Å². The standard InChI is InChI=1S/C41H53N6O5/c1-26(2)19-34(37(48)18-17-30-15-10-14-29-13-8-9-16-32(29)30)45-39(50)23-38(49)35(20-27(3)4)46-41(52)36(22-31-24-43-25-44-31)47-40(51)33(42)21-28-11-6-5-7-12-28/h5-16,18,24-27,33-36,38,49H,17,19-23,42H2,1-4H3,(H,43,44)(H,45,50)(H,46,52)(H,47,51)/t33-,34-,35-,36-,38-/m0/s1. The van der Waals surface area contributed by atoms with Gasteiger partial charge in [-0.15, -0.1) is 0 Å². The maximum absolute atomic E-state index is 13.8.